The van der Waals surface area contributed by atoms with E-state index in [2.05, 4.69) is 39.8 Å². The molecule has 40 heavy (non-hydrogen) atoms. The number of aromatic nitrogens is 4. The van der Waals surface area contributed by atoms with E-state index < -0.39 is 5.91 Å². The molecule has 0 aliphatic rings. The van der Waals surface area contributed by atoms with E-state index in [-0.39, 0.29) is 16.9 Å². The Kier molecular flexibility index (Phi) is 7.62. The number of aryl methyl sites for hydroxylation is 1. The minimum Gasteiger partial charge on any atom is -0.383 e. The van der Waals surface area contributed by atoms with Gasteiger partial charge in [0.25, 0.3) is 11.5 Å². The fourth-order valence-electron chi connectivity index (χ4n) is 4.35. The van der Waals surface area contributed by atoms with Crippen LogP contribution in [0.25, 0.3) is 27.4 Å². The number of pyridine rings is 3. The highest BCUT2D eigenvalue weighted by Gasteiger charge is 2.13. The Morgan fingerprint density at radius 2 is 1.77 bits per heavy atom. The standard InChI is InChI=1S/C22H16N2OS.C9H8N4O/c1-2-18-13-17-8-6-7-16(11-12-20-14-23-15-26-20)21(17)22(25)24(18)19-9-4-3-5-10-19;10-8-6(9(11)14)7-5(4-13-8)2-1-3-12-7/h3-10,13-15H,2H2,1H3;1-4H,(H2,10,13)(H2,11,14). The van der Waals surface area contributed by atoms with Gasteiger partial charge in [-0.2, -0.15) is 0 Å². The summed E-state index contributed by atoms with van der Waals surface area (Å²) >= 11 is 1.49. The molecule has 6 aromatic rings. The van der Waals surface area contributed by atoms with Gasteiger partial charge in [-0.1, -0.05) is 43.2 Å². The summed E-state index contributed by atoms with van der Waals surface area (Å²) in [7, 11) is 0. The van der Waals surface area contributed by atoms with E-state index in [0.717, 1.165) is 39.0 Å². The van der Waals surface area contributed by atoms with Crippen molar-refractivity contribution in [2.24, 2.45) is 5.73 Å². The minimum absolute atomic E-state index is 0.0280. The number of fused-ring (bicyclic) bond motifs is 2. The Bertz CT molecular complexity index is 1960. The maximum Gasteiger partial charge on any atom is 0.264 e. The number of nitrogen functional groups attached to an aromatic ring is 1. The maximum absolute atomic E-state index is 13.4. The molecule has 8 nitrogen and oxygen atoms in total. The van der Waals surface area contributed by atoms with E-state index in [1.54, 1.807) is 40.8 Å². The molecular formula is C31H24N6O2S. The molecule has 0 aliphatic carbocycles. The van der Waals surface area contributed by atoms with Crippen LogP contribution < -0.4 is 17.0 Å². The van der Waals surface area contributed by atoms with Gasteiger partial charge in [0.1, 0.15) is 11.4 Å². The van der Waals surface area contributed by atoms with Crippen molar-refractivity contribution in [3.63, 3.8) is 0 Å². The Hall–Kier alpha value is -5.33. The second kappa shape index (κ2) is 11.6. The lowest BCUT2D eigenvalue weighted by atomic mass is 10.0. The Morgan fingerprint density at radius 3 is 2.50 bits per heavy atom. The molecule has 4 N–H and O–H groups in total. The SMILES string of the molecule is CCc1cc2cccc(C#Cc3cncs3)c2c(=O)n1-c1ccccc1.NC(=O)c1c(N)ncc2cccnc12. The molecule has 196 valence electrons. The van der Waals surface area contributed by atoms with Gasteiger partial charge in [0.15, 0.2) is 0 Å². The Labute approximate surface area is 234 Å². The number of hydrogen-bond donors (Lipinski definition) is 2. The van der Waals surface area contributed by atoms with Crippen LogP contribution in [0.2, 0.25) is 0 Å². The predicted octanol–water partition coefficient (Wildman–Crippen LogP) is 4.72. The van der Waals surface area contributed by atoms with Crippen LogP contribution in [0, 0.1) is 11.8 Å². The molecule has 0 unspecified atom stereocenters. The zero-order valence-electron chi connectivity index (χ0n) is 21.5. The van der Waals surface area contributed by atoms with Gasteiger partial charge in [0, 0.05) is 34.7 Å². The van der Waals surface area contributed by atoms with Gasteiger partial charge in [-0.25, -0.2) is 4.98 Å². The predicted molar refractivity (Wildman–Crippen MR) is 159 cm³/mol. The average molecular weight is 545 g/mol. The molecular weight excluding hydrogens is 520 g/mol. The summed E-state index contributed by atoms with van der Waals surface area (Å²) in [6.07, 6.45) is 5.65. The van der Waals surface area contributed by atoms with Crippen molar-refractivity contribution in [3.05, 3.63) is 123 Å². The molecule has 0 aliphatic heterocycles. The van der Waals surface area contributed by atoms with Gasteiger partial charge < -0.3 is 11.5 Å². The van der Waals surface area contributed by atoms with Crippen LogP contribution in [0.4, 0.5) is 5.82 Å². The molecule has 0 bridgehead atoms. The van der Waals surface area contributed by atoms with Crippen molar-refractivity contribution in [1.82, 2.24) is 19.5 Å². The smallest absolute Gasteiger partial charge is 0.264 e. The first-order chi connectivity index (χ1) is 19.5. The molecule has 0 spiro atoms. The van der Waals surface area contributed by atoms with Crippen molar-refractivity contribution in [2.45, 2.75) is 13.3 Å². The van der Waals surface area contributed by atoms with E-state index in [1.165, 1.54) is 11.3 Å². The van der Waals surface area contributed by atoms with Crippen LogP contribution >= 0.6 is 11.3 Å². The topological polar surface area (TPSA) is 130 Å². The highest BCUT2D eigenvalue weighted by molar-refractivity contribution is 7.10. The van der Waals surface area contributed by atoms with Gasteiger partial charge in [-0.05, 0) is 54.1 Å². The van der Waals surface area contributed by atoms with Gasteiger partial charge in [-0.15, -0.1) is 11.3 Å². The summed E-state index contributed by atoms with van der Waals surface area (Å²) in [4.78, 5) is 37.3. The molecule has 4 aromatic heterocycles. The van der Waals surface area contributed by atoms with E-state index in [9.17, 15) is 9.59 Å². The summed E-state index contributed by atoms with van der Waals surface area (Å²) in [5.74, 6) is 5.76. The molecule has 0 radical (unpaired) electrons. The molecule has 0 saturated carbocycles. The third-order valence-electron chi connectivity index (χ3n) is 6.17. The fourth-order valence-corrected chi connectivity index (χ4v) is 4.81. The lowest BCUT2D eigenvalue weighted by Crippen LogP contribution is -2.22. The molecule has 1 amide bonds. The highest BCUT2D eigenvalue weighted by Crippen LogP contribution is 2.20. The lowest BCUT2D eigenvalue weighted by molar-refractivity contribution is 0.100. The highest BCUT2D eigenvalue weighted by atomic mass is 32.1. The van der Waals surface area contributed by atoms with Gasteiger partial charge in [-0.3, -0.25) is 24.1 Å². The van der Waals surface area contributed by atoms with Crippen LogP contribution in [0.3, 0.4) is 0 Å². The average Bonchev–Trinajstić information content (AvgIpc) is 3.50. The number of nitrogens with zero attached hydrogens (tertiary/aromatic N) is 4. The minimum atomic E-state index is -0.612. The number of amides is 1. The number of thiazole rings is 1. The van der Waals surface area contributed by atoms with E-state index in [4.69, 9.17) is 11.5 Å². The monoisotopic (exact) mass is 544 g/mol. The lowest BCUT2D eigenvalue weighted by Gasteiger charge is -2.14. The van der Waals surface area contributed by atoms with E-state index >= 15 is 0 Å². The third kappa shape index (κ3) is 5.29. The first-order valence-corrected chi connectivity index (χ1v) is 13.3. The quantitative estimate of drug-likeness (QED) is 0.310. The third-order valence-corrected chi connectivity index (χ3v) is 6.86. The number of hydrogen-bond acceptors (Lipinski definition) is 7. The van der Waals surface area contributed by atoms with Gasteiger partial charge in [0.2, 0.25) is 0 Å². The zero-order chi connectivity index (χ0) is 28.1. The number of para-hydroxylation sites is 1. The number of carbonyl (C=O) groups is 1. The second-order valence-corrected chi connectivity index (χ2v) is 9.56. The number of nitrogens with two attached hydrogens (primary N) is 2. The van der Waals surface area contributed by atoms with Crippen molar-refractivity contribution in [2.75, 3.05) is 5.73 Å². The zero-order valence-corrected chi connectivity index (χ0v) is 22.4. The van der Waals surface area contributed by atoms with Crippen LogP contribution in [-0.4, -0.2) is 25.4 Å². The number of carbonyl (C=O) groups excluding carboxylic acids is 1. The molecule has 0 saturated heterocycles. The molecule has 2 aromatic carbocycles. The largest absolute Gasteiger partial charge is 0.383 e. The maximum atomic E-state index is 13.4. The molecule has 0 atom stereocenters. The number of rotatable bonds is 3. The van der Waals surface area contributed by atoms with E-state index in [0.29, 0.717) is 10.9 Å². The van der Waals surface area contributed by atoms with Crippen LogP contribution in [0.15, 0.2) is 95.6 Å². The van der Waals surface area contributed by atoms with E-state index in [1.807, 2.05) is 48.5 Å². The summed E-state index contributed by atoms with van der Waals surface area (Å²) in [5.41, 5.74) is 15.7. The number of benzene rings is 2. The summed E-state index contributed by atoms with van der Waals surface area (Å²) in [6, 6.07) is 21.2. The van der Waals surface area contributed by atoms with Crippen molar-refractivity contribution >= 4 is 44.7 Å². The van der Waals surface area contributed by atoms with Gasteiger partial charge >= 0.3 is 0 Å². The Morgan fingerprint density at radius 1 is 0.975 bits per heavy atom. The molecule has 6 rings (SSSR count). The second-order valence-electron chi connectivity index (χ2n) is 8.67. The normalized spacial score (nSPS) is 10.4. The number of primary amides is 1. The first kappa shape index (κ1) is 26.3. The van der Waals surface area contributed by atoms with Gasteiger partial charge in [0.05, 0.1) is 27.5 Å². The summed E-state index contributed by atoms with van der Waals surface area (Å²) in [5, 5.41) is 2.33. The first-order valence-electron chi connectivity index (χ1n) is 12.4. The summed E-state index contributed by atoms with van der Waals surface area (Å²) in [6.45, 7) is 2.06. The van der Waals surface area contributed by atoms with Crippen LogP contribution in [0.1, 0.15) is 33.4 Å². The van der Waals surface area contributed by atoms with Crippen molar-refractivity contribution in [1.29, 1.82) is 0 Å². The number of anilines is 1. The summed E-state index contributed by atoms with van der Waals surface area (Å²) < 4.78 is 1.79. The molecule has 4 heterocycles. The van der Waals surface area contributed by atoms with Crippen molar-refractivity contribution in [3.8, 4) is 17.5 Å². The molecule has 9 heteroatoms. The van der Waals surface area contributed by atoms with Crippen LogP contribution in [-0.2, 0) is 6.42 Å². The van der Waals surface area contributed by atoms with Crippen LogP contribution in [0.5, 0.6) is 0 Å². The van der Waals surface area contributed by atoms with Crippen molar-refractivity contribution < 1.29 is 4.79 Å². The fraction of sp³-hybridized carbons (Fsp3) is 0.0645. The molecule has 0 fully saturated rings. The Balaban J connectivity index is 0.000000194.